The zero-order chi connectivity index (χ0) is 20.3. The average molecular weight is 389 g/mol. The van der Waals surface area contributed by atoms with Gasteiger partial charge in [0, 0.05) is 19.4 Å². The predicted molar refractivity (Wildman–Crippen MR) is 99.5 cm³/mol. The number of methoxy groups -OCH3 is 1. The number of amides is 1. The van der Waals surface area contributed by atoms with Crippen LogP contribution in [0.5, 0.6) is 0 Å². The van der Waals surface area contributed by atoms with Crippen molar-refractivity contribution in [3.05, 3.63) is 12.2 Å². The topological polar surface area (TPSA) is 66.8 Å². The normalized spacial score (nSPS) is 20.4. The van der Waals surface area contributed by atoms with Crippen LogP contribution in [0.1, 0.15) is 71.1 Å². The Bertz CT molecular complexity index is 496. The number of esters is 1. The van der Waals surface area contributed by atoms with Crippen molar-refractivity contribution in [2.24, 2.45) is 0 Å². The largest absolute Gasteiger partial charge is 0.469 e. The number of carbonyl (C=O) groups excluding carboxylic acids is 2. The van der Waals surface area contributed by atoms with Crippen molar-refractivity contribution in [1.82, 2.24) is 4.90 Å². The Kier molecular flexibility index (Phi) is 10.5. The molecular weight excluding hydrogens is 356 g/mol. The molecule has 2 atom stereocenters. The van der Waals surface area contributed by atoms with Crippen LogP contribution >= 0.6 is 0 Å². The first-order chi connectivity index (χ1) is 12.8. The van der Waals surface area contributed by atoms with Gasteiger partial charge in [0.2, 0.25) is 0 Å². The smallest absolute Gasteiger partial charge is 0.327 e. The number of hydrogen-bond donors (Lipinski definition) is 1. The van der Waals surface area contributed by atoms with Gasteiger partial charge in [0.1, 0.15) is 0 Å². The molecule has 0 aromatic carbocycles. The van der Waals surface area contributed by atoms with Crippen LogP contribution in [0.15, 0.2) is 12.2 Å². The van der Waals surface area contributed by atoms with Crippen molar-refractivity contribution in [2.75, 3.05) is 13.7 Å². The summed E-state index contributed by atoms with van der Waals surface area (Å²) in [4.78, 5) is 24.2. The molecular formula is C20H33F2NO4. The molecule has 0 bridgehead atoms. The van der Waals surface area contributed by atoms with Crippen LogP contribution in [0.2, 0.25) is 0 Å². The van der Waals surface area contributed by atoms with E-state index in [2.05, 4.69) is 11.7 Å². The third kappa shape index (κ3) is 8.37. The van der Waals surface area contributed by atoms with Crippen LogP contribution in [-0.2, 0) is 14.3 Å². The van der Waals surface area contributed by atoms with Gasteiger partial charge in [-0.2, -0.15) is 8.78 Å². The highest BCUT2D eigenvalue weighted by Gasteiger charge is 2.52. The summed E-state index contributed by atoms with van der Waals surface area (Å²) in [6.45, 7) is 2.33. The van der Waals surface area contributed by atoms with E-state index in [4.69, 9.17) is 0 Å². The maximum absolute atomic E-state index is 13.8. The van der Waals surface area contributed by atoms with Crippen LogP contribution in [0.25, 0.3) is 0 Å². The van der Waals surface area contributed by atoms with Crippen molar-refractivity contribution >= 4 is 11.9 Å². The van der Waals surface area contributed by atoms with Gasteiger partial charge in [-0.1, -0.05) is 51.2 Å². The molecule has 0 saturated carbocycles. The molecule has 0 unspecified atom stereocenters. The van der Waals surface area contributed by atoms with Crippen molar-refractivity contribution in [2.45, 2.75) is 89.2 Å². The molecule has 1 aliphatic heterocycles. The third-order valence-electron chi connectivity index (χ3n) is 4.86. The Morgan fingerprint density at radius 2 is 2.00 bits per heavy atom. The van der Waals surface area contributed by atoms with Gasteiger partial charge in [0.05, 0.1) is 19.3 Å². The fraction of sp³-hybridized carbons (Fsp3) is 0.800. The second kappa shape index (κ2) is 12.1. The first-order valence-electron chi connectivity index (χ1n) is 9.94. The SMILES string of the molecule is CCCCC[C@@H](O)C=C[C@H]1CC(F)(F)C(=O)N1CCCCCCC(=O)OC. The Morgan fingerprint density at radius 1 is 1.30 bits per heavy atom. The minimum atomic E-state index is -3.34. The average Bonchev–Trinajstić information content (AvgIpc) is 2.85. The van der Waals surface area contributed by atoms with Crippen LogP contribution in [0.3, 0.4) is 0 Å². The van der Waals surface area contributed by atoms with Crippen LogP contribution < -0.4 is 0 Å². The zero-order valence-corrected chi connectivity index (χ0v) is 16.5. The zero-order valence-electron chi connectivity index (χ0n) is 16.5. The molecule has 1 amide bonds. The standard InChI is InChI=1S/C20H33F2NO4/c1-3-4-7-10-17(24)13-12-16-15-20(21,22)19(26)23(16)14-9-6-5-8-11-18(25)27-2/h12-13,16-17,24H,3-11,14-15H2,1-2H3/t16-,17+/m0/s1. The number of aliphatic hydroxyl groups excluding tert-OH is 1. The maximum Gasteiger partial charge on any atom is 0.327 e. The first kappa shape index (κ1) is 23.5. The van der Waals surface area contributed by atoms with Gasteiger partial charge in [-0.05, 0) is 19.3 Å². The Hall–Kier alpha value is -1.50. The van der Waals surface area contributed by atoms with Crippen molar-refractivity contribution in [1.29, 1.82) is 0 Å². The summed E-state index contributed by atoms with van der Waals surface area (Å²) >= 11 is 0. The van der Waals surface area contributed by atoms with Crippen molar-refractivity contribution < 1.29 is 28.2 Å². The Morgan fingerprint density at radius 3 is 2.67 bits per heavy atom. The van der Waals surface area contributed by atoms with E-state index in [9.17, 15) is 23.5 Å². The first-order valence-corrected chi connectivity index (χ1v) is 9.94. The highest BCUT2D eigenvalue weighted by Crippen LogP contribution is 2.34. The summed E-state index contributed by atoms with van der Waals surface area (Å²) in [5.74, 6) is -4.73. The van der Waals surface area contributed by atoms with Crippen LogP contribution in [0, 0.1) is 0 Å². The highest BCUT2D eigenvalue weighted by atomic mass is 19.3. The van der Waals surface area contributed by atoms with Gasteiger partial charge in [-0.15, -0.1) is 0 Å². The maximum atomic E-state index is 13.8. The molecule has 1 rings (SSSR count). The van der Waals surface area contributed by atoms with E-state index < -0.39 is 30.4 Å². The molecule has 0 aromatic rings. The minimum absolute atomic E-state index is 0.257. The number of carbonyl (C=O) groups is 2. The molecule has 1 saturated heterocycles. The molecule has 0 aliphatic carbocycles. The molecule has 156 valence electrons. The van der Waals surface area contributed by atoms with Gasteiger partial charge in [-0.3, -0.25) is 9.59 Å². The lowest BCUT2D eigenvalue weighted by molar-refractivity contribution is -0.148. The molecule has 1 heterocycles. The number of unbranched alkanes of at least 4 members (excludes halogenated alkanes) is 5. The van der Waals surface area contributed by atoms with E-state index in [1.54, 1.807) is 12.2 Å². The highest BCUT2D eigenvalue weighted by molar-refractivity contribution is 5.86. The molecule has 1 aliphatic rings. The lowest BCUT2D eigenvalue weighted by Gasteiger charge is -2.22. The lowest BCUT2D eigenvalue weighted by atomic mass is 10.1. The summed E-state index contributed by atoms with van der Waals surface area (Å²) in [7, 11) is 1.34. The molecule has 7 heteroatoms. The summed E-state index contributed by atoms with van der Waals surface area (Å²) < 4.78 is 32.2. The van der Waals surface area contributed by atoms with E-state index in [1.807, 2.05) is 0 Å². The van der Waals surface area contributed by atoms with Crippen LogP contribution in [0.4, 0.5) is 8.78 Å². The van der Waals surface area contributed by atoms with Crippen molar-refractivity contribution in [3.8, 4) is 0 Å². The summed E-state index contributed by atoms with van der Waals surface area (Å²) in [5, 5.41) is 9.94. The minimum Gasteiger partial charge on any atom is -0.469 e. The van der Waals surface area contributed by atoms with E-state index in [0.29, 0.717) is 25.7 Å². The number of halogens is 2. The molecule has 27 heavy (non-hydrogen) atoms. The monoisotopic (exact) mass is 389 g/mol. The molecule has 5 nitrogen and oxygen atoms in total. The number of ether oxygens (including phenoxy) is 1. The van der Waals surface area contributed by atoms with Gasteiger partial charge in [-0.25, -0.2) is 0 Å². The number of aliphatic hydroxyl groups is 1. The second-order valence-electron chi connectivity index (χ2n) is 7.16. The summed E-state index contributed by atoms with van der Waals surface area (Å²) in [5.41, 5.74) is 0. The second-order valence-corrected chi connectivity index (χ2v) is 7.16. The fourth-order valence-electron chi connectivity index (χ4n) is 3.22. The summed E-state index contributed by atoms with van der Waals surface area (Å²) in [6.07, 6.45) is 8.61. The van der Waals surface area contributed by atoms with Crippen molar-refractivity contribution in [3.63, 3.8) is 0 Å². The fourth-order valence-corrected chi connectivity index (χ4v) is 3.22. The molecule has 0 spiro atoms. The van der Waals surface area contributed by atoms with E-state index >= 15 is 0 Å². The van der Waals surface area contributed by atoms with Crippen LogP contribution in [-0.4, -0.2) is 53.6 Å². The Balaban J connectivity index is 2.45. The number of rotatable bonds is 13. The molecule has 1 N–H and O–H groups in total. The summed E-state index contributed by atoms with van der Waals surface area (Å²) in [6, 6.07) is -0.677. The van der Waals surface area contributed by atoms with E-state index in [0.717, 1.165) is 32.1 Å². The Labute approximate surface area is 160 Å². The number of nitrogens with zero attached hydrogens (tertiary/aromatic N) is 1. The number of likely N-dealkylation sites (tertiary alicyclic amines) is 1. The molecule has 1 fully saturated rings. The lowest BCUT2D eigenvalue weighted by Crippen LogP contribution is -2.36. The quantitative estimate of drug-likeness (QED) is 0.295. The van der Waals surface area contributed by atoms with Gasteiger partial charge in [0.25, 0.3) is 5.91 Å². The third-order valence-corrected chi connectivity index (χ3v) is 4.86. The van der Waals surface area contributed by atoms with Gasteiger partial charge in [0.15, 0.2) is 0 Å². The molecule has 0 radical (unpaired) electrons. The van der Waals surface area contributed by atoms with E-state index in [-0.39, 0.29) is 12.5 Å². The molecule has 0 aromatic heterocycles. The number of alkyl halides is 2. The van der Waals surface area contributed by atoms with Gasteiger partial charge >= 0.3 is 11.9 Å². The predicted octanol–water partition coefficient (Wildman–Crippen LogP) is 3.84. The van der Waals surface area contributed by atoms with Gasteiger partial charge < -0.3 is 14.7 Å². The van der Waals surface area contributed by atoms with E-state index in [1.165, 1.54) is 12.0 Å². The number of hydrogen-bond acceptors (Lipinski definition) is 4.